The van der Waals surface area contributed by atoms with E-state index in [0.29, 0.717) is 25.0 Å². The Kier molecular flexibility index (Phi) is 9.07. The third-order valence-corrected chi connectivity index (χ3v) is 3.76. The molecule has 23 heavy (non-hydrogen) atoms. The Hall–Kier alpha value is -1.81. The Balaban J connectivity index is 2.34. The number of ether oxygens (including phenoxy) is 1. The molecule has 0 spiro atoms. The average Bonchev–Trinajstić information content (AvgIpc) is 2.56. The van der Waals surface area contributed by atoms with Gasteiger partial charge in [0.15, 0.2) is 17.3 Å². The summed E-state index contributed by atoms with van der Waals surface area (Å²) in [7, 11) is 1.49. The number of benzene rings is 1. The van der Waals surface area contributed by atoms with Crippen molar-refractivity contribution in [2.75, 3.05) is 7.11 Å². The number of unbranched alkanes of at least 4 members (excludes halogenated alkanes) is 3. The molecule has 0 aliphatic rings. The molecule has 1 aromatic carbocycles. The topological polar surface area (TPSA) is 66.8 Å². The highest BCUT2D eigenvalue weighted by Crippen LogP contribution is 2.26. The highest BCUT2D eigenvalue weighted by Gasteiger charge is 2.05. The Morgan fingerprint density at radius 1 is 1.30 bits per heavy atom. The molecule has 1 aromatic rings. The van der Waals surface area contributed by atoms with E-state index in [1.165, 1.54) is 26.0 Å². The molecule has 0 saturated heterocycles. The maximum Gasteiger partial charge on any atom is 0.160 e. The smallest absolute Gasteiger partial charge is 0.160 e. The van der Waals surface area contributed by atoms with E-state index in [1.807, 2.05) is 0 Å². The van der Waals surface area contributed by atoms with Crippen LogP contribution in [0.3, 0.4) is 0 Å². The summed E-state index contributed by atoms with van der Waals surface area (Å²) in [5.41, 5.74) is 0.932. The number of aromatic hydroxyl groups is 1. The number of phenolic OH excluding ortho intramolecular Hbond substituents is 1. The predicted molar refractivity (Wildman–Crippen MR) is 91.9 cm³/mol. The molecule has 0 aromatic heterocycles. The number of aryl methyl sites for hydroxylation is 1. The van der Waals surface area contributed by atoms with Crippen LogP contribution in [0.2, 0.25) is 0 Å². The van der Waals surface area contributed by atoms with Crippen molar-refractivity contribution < 1.29 is 19.7 Å². The molecule has 1 unspecified atom stereocenters. The van der Waals surface area contributed by atoms with Crippen LogP contribution in [-0.2, 0) is 11.2 Å². The number of aliphatic hydroxyl groups excluding tert-OH is 1. The Morgan fingerprint density at radius 3 is 2.78 bits per heavy atom. The van der Waals surface area contributed by atoms with Crippen molar-refractivity contribution in [1.29, 1.82) is 0 Å². The summed E-state index contributed by atoms with van der Waals surface area (Å²) in [6.45, 7) is 2.15. The van der Waals surface area contributed by atoms with Crippen molar-refractivity contribution in [2.45, 2.75) is 58.0 Å². The van der Waals surface area contributed by atoms with Gasteiger partial charge in [0, 0.05) is 6.42 Å². The van der Waals surface area contributed by atoms with E-state index in [9.17, 15) is 15.0 Å². The lowest BCUT2D eigenvalue weighted by atomic mass is 10.1. The molecule has 128 valence electrons. The highest BCUT2D eigenvalue weighted by atomic mass is 16.5. The summed E-state index contributed by atoms with van der Waals surface area (Å²) >= 11 is 0. The van der Waals surface area contributed by atoms with Gasteiger partial charge >= 0.3 is 0 Å². The van der Waals surface area contributed by atoms with Gasteiger partial charge in [0.1, 0.15) is 0 Å². The lowest BCUT2D eigenvalue weighted by Gasteiger charge is -2.06. The van der Waals surface area contributed by atoms with Crippen molar-refractivity contribution in [2.24, 2.45) is 0 Å². The molecule has 0 fully saturated rings. The van der Waals surface area contributed by atoms with Crippen molar-refractivity contribution in [1.82, 2.24) is 0 Å². The number of carbonyl (C=O) groups excluding carboxylic acids is 1. The minimum absolute atomic E-state index is 0.00958. The van der Waals surface area contributed by atoms with E-state index in [0.717, 1.165) is 18.4 Å². The molecule has 1 rings (SSSR count). The first-order valence-electron chi connectivity index (χ1n) is 8.31. The first-order chi connectivity index (χ1) is 11.1. The van der Waals surface area contributed by atoms with E-state index in [1.54, 1.807) is 24.3 Å². The third kappa shape index (κ3) is 7.84. The number of methoxy groups -OCH3 is 1. The van der Waals surface area contributed by atoms with Crippen LogP contribution in [-0.4, -0.2) is 29.2 Å². The molecule has 0 radical (unpaired) electrons. The fourth-order valence-corrected chi connectivity index (χ4v) is 2.32. The summed E-state index contributed by atoms with van der Waals surface area (Å²) in [5, 5.41) is 19.3. The normalized spacial score (nSPS) is 12.5. The second-order valence-corrected chi connectivity index (χ2v) is 5.75. The molecule has 0 heterocycles. The van der Waals surface area contributed by atoms with Crippen molar-refractivity contribution >= 4 is 5.78 Å². The quantitative estimate of drug-likeness (QED) is 0.481. The maximum atomic E-state index is 11.8. The lowest BCUT2D eigenvalue weighted by Crippen LogP contribution is -2.04. The summed E-state index contributed by atoms with van der Waals surface area (Å²) in [6.07, 6.45) is 8.65. The molecule has 1 atom stereocenters. The number of phenols is 1. The van der Waals surface area contributed by atoms with E-state index in [4.69, 9.17) is 4.74 Å². The van der Waals surface area contributed by atoms with Gasteiger partial charge in [-0.1, -0.05) is 44.7 Å². The summed E-state index contributed by atoms with van der Waals surface area (Å²) in [4.78, 5) is 11.8. The molecular weight excluding hydrogens is 292 g/mol. The molecule has 0 amide bonds. The number of carbonyl (C=O) groups is 1. The van der Waals surface area contributed by atoms with Gasteiger partial charge in [-0.3, -0.25) is 4.79 Å². The lowest BCUT2D eigenvalue weighted by molar-refractivity contribution is -0.114. The molecule has 0 bridgehead atoms. The van der Waals surface area contributed by atoms with Gasteiger partial charge in [-0.15, -0.1) is 0 Å². The monoisotopic (exact) mass is 320 g/mol. The molecular formula is C19H28O4. The summed E-state index contributed by atoms with van der Waals surface area (Å²) in [6, 6.07) is 5.07. The van der Waals surface area contributed by atoms with Gasteiger partial charge in [-0.25, -0.2) is 0 Å². The highest BCUT2D eigenvalue weighted by molar-refractivity contribution is 5.89. The van der Waals surface area contributed by atoms with Gasteiger partial charge < -0.3 is 14.9 Å². The molecule has 0 saturated carbocycles. The zero-order valence-electron chi connectivity index (χ0n) is 14.1. The predicted octanol–water partition coefficient (Wildman–Crippen LogP) is 3.79. The fourth-order valence-electron chi connectivity index (χ4n) is 2.32. The van der Waals surface area contributed by atoms with Crippen LogP contribution >= 0.6 is 0 Å². The number of aliphatic hydroxyl groups is 1. The van der Waals surface area contributed by atoms with Crippen molar-refractivity contribution in [3.05, 3.63) is 35.9 Å². The molecule has 2 N–H and O–H groups in total. The van der Waals surface area contributed by atoms with Gasteiger partial charge in [0.05, 0.1) is 13.2 Å². The number of hydrogen-bond donors (Lipinski definition) is 2. The zero-order chi connectivity index (χ0) is 17.1. The molecule has 0 aliphatic heterocycles. The number of allylic oxidation sites excluding steroid dienone is 1. The third-order valence-electron chi connectivity index (χ3n) is 3.76. The Morgan fingerprint density at radius 2 is 2.09 bits per heavy atom. The summed E-state index contributed by atoms with van der Waals surface area (Å²) < 4.78 is 5.04. The first-order valence-corrected chi connectivity index (χ1v) is 8.31. The van der Waals surface area contributed by atoms with Crippen LogP contribution < -0.4 is 4.74 Å². The van der Waals surface area contributed by atoms with E-state index in [-0.39, 0.29) is 11.5 Å². The SMILES string of the molecule is CCCCCCC(O)C=CC(=O)CCc1ccc(O)c(OC)c1. The number of rotatable bonds is 11. The summed E-state index contributed by atoms with van der Waals surface area (Å²) in [5.74, 6) is 0.492. The van der Waals surface area contributed by atoms with E-state index < -0.39 is 6.10 Å². The van der Waals surface area contributed by atoms with Gasteiger partial charge in [-0.05, 0) is 36.6 Å². The van der Waals surface area contributed by atoms with E-state index in [2.05, 4.69) is 6.92 Å². The van der Waals surface area contributed by atoms with Crippen LogP contribution in [0.1, 0.15) is 51.0 Å². The van der Waals surface area contributed by atoms with Crippen molar-refractivity contribution in [3.63, 3.8) is 0 Å². The molecule has 4 heteroatoms. The van der Waals surface area contributed by atoms with Crippen LogP contribution in [0.25, 0.3) is 0 Å². The standard InChI is InChI=1S/C19H28O4/c1-3-4-5-6-7-16(20)11-12-17(21)10-8-15-9-13-18(22)19(14-15)23-2/h9,11-14,16,20,22H,3-8,10H2,1-2H3. The minimum Gasteiger partial charge on any atom is -0.504 e. The fraction of sp³-hybridized carbons (Fsp3) is 0.526. The zero-order valence-corrected chi connectivity index (χ0v) is 14.1. The van der Waals surface area contributed by atoms with Gasteiger partial charge in [0.2, 0.25) is 0 Å². The Labute approximate surface area is 138 Å². The van der Waals surface area contributed by atoms with Crippen LogP contribution in [0.5, 0.6) is 11.5 Å². The molecule has 4 nitrogen and oxygen atoms in total. The number of hydrogen-bond acceptors (Lipinski definition) is 4. The van der Waals surface area contributed by atoms with Crippen LogP contribution in [0.4, 0.5) is 0 Å². The van der Waals surface area contributed by atoms with Crippen LogP contribution in [0, 0.1) is 0 Å². The largest absolute Gasteiger partial charge is 0.504 e. The second kappa shape index (κ2) is 10.8. The van der Waals surface area contributed by atoms with Gasteiger partial charge in [-0.2, -0.15) is 0 Å². The molecule has 0 aliphatic carbocycles. The maximum absolute atomic E-state index is 11.8. The van der Waals surface area contributed by atoms with E-state index >= 15 is 0 Å². The first kappa shape index (κ1) is 19.2. The number of ketones is 1. The van der Waals surface area contributed by atoms with Crippen molar-refractivity contribution in [3.8, 4) is 11.5 Å². The minimum atomic E-state index is -0.537. The second-order valence-electron chi connectivity index (χ2n) is 5.75. The van der Waals surface area contributed by atoms with Crippen LogP contribution in [0.15, 0.2) is 30.4 Å². The average molecular weight is 320 g/mol. The Bertz CT molecular complexity index is 508. The van der Waals surface area contributed by atoms with Gasteiger partial charge in [0.25, 0.3) is 0 Å².